The van der Waals surface area contributed by atoms with Crippen LogP contribution in [0.2, 0.25) is 0 Å². The molecule has 0 bridgehead atoms. The van der Waals surface area contributed by atoms with E-state index in [0.717, 1.165) is 26.1 Å². The highest BCUT2D eigenvalue weighted by Gasteiger charge is 2.25. The van der Waals surface area contributed by atoms with Crippen LogP contribution in [0.15, 0.2) is 24.3 Å². The van der Waals surface area contributed by atoms with Gasteiger partial charge < -0.3 is 19.7 Å². The van der Waals surface area contributed by atoms with Gasteiger partial charge in [0.15, 0.2) is 0 Å². The number of likely N-dealkylation sites (tertiary alicyclic amines) is 1. The zero-order chi connectivity index (χ0) is 15.8. The minimum atomic E-state index is 0.0637. The van der Waals surface area contributed by atoms with Gasteiger partial charge in [-0.25, -0.2) is 0 Å². The zero-order valence-corrected chi connectivity index (χ0v) is 13.5. The van der Waals surface area contributed by atoms with Crippen molar-refractivity contribution in [3.63, 3.8) is 0 Å². The smallest absolute Gasteiger partial charge is 0.257 e. The number of hydrogen-bond donors (Lipinski definition) is 1. The van der Waals surface area contributed by atoms with Gasteiger partial charge in [-0.15, -0.1) is 0 Å². The summed E-state index contributed by atoms with van der Waals surface area (Å²) in [6, 6.07) is 7.45. The molecule has 0 aromatic heterocycles. The molecule has 5 nitrogen and oxygen atoms in total. The number of methoxy groups -OCH3 is 1. The first-order chi connectivity index (χ1) is 10.8. The van der Waals surface area contributed by atoms with Crippen molar-refractivity contribution >= 4 is 5.91 Å². The lowest BCUT2D eigenvalue weighted by Crippen LogP contribution is -2.42. The van der Waals surface area contributed by atoms with Gasteiger partial charge in [0.2, 0.25) is 0 Å². The van der Waals surface area contributed by atoms with Crippen molar-refractivity contribution in [2.75, 3.05) is 47.0 Å². The van der Waals surface area contributed by atoms with Crippen molar-refractivity contribution in [2.24, 2.45) is 5.92 Å². The van der Waals surface area contributed by atoms with Crippen LogP contribution in [0.5, 0.6) is 5.75 Å². The lowest BCUT2D eigenvalue weighted by Gasteiger charge is -2.33. The summed E-state index contributed by atoms with van der Waals surface area (Å²) in [5.41, 5.74) is 0.642. The fourth-order valence-corrected chi connectivity index (χ4v) is 2.88. The molecule has 1 fully saturated rings. The first-order valence-electron chi connectivity index (χ1n) is 7.91. The number of nitrogens with one attached hydrogen (secondary N) is 1. The number of piperidine rings is 1. The van der Waals surface area contributed by atoms with Gasteiger partial charge in [-0.1, -0.05) is 12.1 Å². The van der Waals surface area contributed by atoms with Crippen molar-refractivity contribution in [1.29, 1.82) is 0 Å². The number of carbonyl (C=O) groups excluding carboxylic acids is 1. The van der Waals surface area contributed by atoms with E-state index in [1.54, 1.807) is 7.11 Å². The average molecular weight is 306 g/mol. The predicted octanol–water partition coefficient (Wildman–Crippen LogP) is 1.78. The van der Waals surface area contributed by atoms with E-state index in [1.807, 2.05) is 36.2 Å². The molecule has 1 saturated heterocycles. The number of amides is 1. The normalized spacial score (nSPS) is 18.3. The van der Waals surface area contributed by atoms with Gasteiger partial charge >= 0.3 is 0 Å². The molecule has 1 amide bonds. The molecule has 0 aliphatic carbocycles. The first kappa shape index (κ1) is 16.8. The van der Waals surface area contributed by atoms with Crippen LogP contribution >= 0.6 is 0 Å². The van der Waals surface area contributed by atoms with E-state index in [9.17, 15) is 4.79 Å². The molecule has 1 aromatic rings. The molecule has 1 unspecified atom stereocenters. The second-order valence-corrected chi connectivity index (χ2v) is 5.65. The summed E-state index contributed by atoms with van der Waals surface area (Å²) in [4.78, 5) is 14.7. The van der Waals surface area contributed by atoms with Gasteiger partial charge in [0.25, 0.3) is 5.91 Å². The summed E-state index contributed by atoms with van der Waals surface area (Å²) >= 11 is 0. The van der Waals surface area contributed by atoms with Crippen LogP contribution in [0, 0.1) is 5.92 Å². The Bertz CT molecular complexity index is 477. The van der Waals surface area contributed by atoms with Crippen LogP contribution in [0.1, 0.15) is 23.2 Å². The minimum absolute atomic E-state index is 0.0637. The molecule has 1 aliphatic heterocycles. The van der Waals surface area contributed by atoms with Gasteiger partial charge in [0.1, 0.15) is 12.4 Å². The third-order valence-corrected chi connectivity index (χ3v) is 3.96. The monoisotopic (exact) mass is 306 g/mol. The fourth-order valence-electron chi connectivity index (χ4n) is 2.88. The van der Waals surface area contributed by atoms with Crippen molar-refractivity contribution in [3.05, 3.63) is 29.8 Å². The second-order valence-electron chi connectivity index (χ2n) is 5.65. The maximum absolute atomic E-state index is 12.8. The Morgan fingerprint density at radius 3 is 2.95 bits per heavy atom. The largest absolute Gasteiger partial charge is 0.490 e. The number of carbonyl (C=O) groups is 1. The molecular formula is C17H26N2O3. The lowest BCUT2D eigenvalue weighted by molar-refractivity contribution is 0.0667. The topological polar surface area (TPSA) is 50.8 Å². The molecule has 1 heterocycles. The summed E-state index contributed by atoms with van der Waals surface area (Å²) in [6.45, 7) is 3.55. The summed E-state index contributed by atoms with van der Waals surface area (Å²) in [7, 11) is 3.59. The van der Waals surface area contributed by atoms with Crippen LogP contribution in [0.4, 0.5) is 0 Å². The Kier molecular flexibility index (Phi) is 6.68. The van der Waals surface area contributed by atoms with Crippen molar-refractivity contribution < 1.29 is 14.3 Å². The minimum Gasteiger partial charge on any atom is -0.490 e. The summed E-state index contributed by atoms with van der Waals surface area (Å²) in [5, 5.41) is 3.21. The van der Waals surface area contributed by atoms with Crippen LogP contribution < -0.4 is 10.1 Å². The fraction of sp³-hybridized carbons (Fsp3) is 0.588. The Morgan fingerprint density at radius 1 is 1.36 bits per heavy atom. The summed E-state index contributed by atoms with van der Waals surface area (Å²) in [6.07, 6.45) is 2.24. The number of benzene rings is 1. The van der Waals surface area contributed by atoms with Crippen LogP contribution in [-0.2, 0) is 4.74 Å². The van der Waals surface area contributed by atoms with E-state index in [2.05, 4.69) is 5.32 Å². The van der Waals surface area contributed by atoms with E-state index in [1.165, 1.54) is 6.42 Å². The van der Waals surface area contributed by atoms with Crippen molar-refractivity contribution in [1.82, 2.24) is 10.2 Å². The molecule has 122 valence electrons. The Labute approximate surface area is 132 Å². The second kappa shape index (κ2) is 8.76. The van der Waals surface area contributed by atoms with Gasteiger partial charge in [-0.2, -0.15) is 0 Å². The molecule has 0 saturated carbocycles. The zero-order valence-electron chi connectivity index (χ0n) is 13.5. The molecule has 0 spiro atoms. The molecule has 1 atom stereocenters. The van der Waals surface area contributed by atoms with Crippen LogP contribution in [0.3, 0.4) is 0 Å². The molecule has 22 heavy (non-hydrogen) atoms. The molecule has 2 rings (SSSR count). The number of para-hydroxylation sites is 1. The maximum Gasteiger partial charge on any atom is 0.257 e. The molecule has 0 radical (unpaired) electrons. The van der Waals surface area contributed by atoms with E-state index in [0.29, 0.717) is 30.4 Å². The van der Waals surface area contributed by atoms with Crippen molar-refractivity contribution in [2.45, 2.75) is 12.8 Å². The number of nitrogens with zero attached hydrogens (tertiary/aromatic N) is 1. The highest BCUT2D eigenvalue weighted by molar-refractivity contribution is 5.97. The summed E-state index contributed by atoms with van der Waals surface area (Å²) < 4.78 is 10.7. The number of hydrogen-bond acceptors (Lipinski definition) is 4. The van der Waals surface area contributed by atoms with E-state index in [4.69, 9.17) is 9.47 Å². The molecular weight excluding hydrogens is 280 g/mol. The first-order valence-corrected chi connectivity index (χ1v) is 7.91. The standard InChI is InChI=1S/C17H26N2O3/c1-18-12-14-6-5-9-19(13-14)17(20)15-7-3-4-8-16(15)22-11-10-21-2/h3-4,7-8,14,18H,5-6,9-13H2,1-2H3. The highest BCUT2D eigenvalue weighted by atomic mass is 16.5. The Balaban J connectivity index is 2.05. The lowest BCUT2D eigenvalue weighted by atomic mass is 9.97. The Hall–Kier alpha value is -1.59. The average Bonchev–Trinajstić information content (AvgIpc) is 2.55. The molecule has 5 heteroatoms. The van der Waals surface area contributed by atoms with Crippen molar-refractivity contribution in [3.8, 4) is 5.75 Å². The number of rotatable bonds is 7. The molecule has 1 aliphatic rings. The SMILES string of the molecule is CNCC1CCCN(C(=O)c2ccccc2OCCOC)C1. The maximum atomic E-state index is 12.8. The van der Waals surface area contributed by atoms with Gasteiger partial charge in [-0.05, 0) is 44.5 Å². The molecule has 1 aromatic carbocycles. The molecule has 1 N–H and O–H groups in total. The van der Waals surface area contributed by atoms with E-state index >= 15 is 0 Å². The highest BCUT2D eigenvalue weighted by Crippen LogP contribution is 2.23. The van der Waals surface area contributed by atoms with Crippen LogP contribution in [-0.4, -0.2) is 57.8 Å². The number of ether oxygens (including phenoxy) is 2. The van der Waals surface area contributed by atoms with Gasteiger partial charge in [0, 0.05) is 20.2 Å². The quantitative estimate of drug-likeness (QED) is 0.780. The van der Waals surface area contributed by atoms with E-state index < -0.39 is 0 Å². The Morgan fingerprint density at radius 2 is 2.18 bits per heavy atom. The van der Waals surface area contributed by atoms with E-state index in [-0.39, 0.29) is 5.91 Å². The third kappa shape index (κ3) is 4.45. The third-order valence-electron chi connectivity index (χ3n) is 3.96. The summed E-state index contributed by atoms with van der Waals surface area (Å²) in [5.74, 6) is 1.23. The predicted molar refractivity (Wildman–Crippen MR) is 86.4 cm³/mol. The van der Waals surface area contributed by atoms with Gasteiger partial charge in [-0.3, -0.25) is 4.79 Å². The van der Waals surface area contributed by atoms with Crippen LogP contribution in [0.25, 0.3) is 0 Å². The van der Waals surface area contributed by atoms with Gasteiger partial charge in [0.05, 0.1) is 12.2 Å².